The van der Waals surface area contributed by atoms with Crippen LogP contribution in [0.4, 0.5) is 0 Å². The van der Waals surface area contributed by atoms with Crippen molar-refractivity contribution in [3.05, 3.63) is 34.9 Å². The molecular formula is C29H44N2O5. The molecule has 0 aliphatic heterocycles. The van der Waals surface area contributed by atoms with Gasteiger partial charge in [0, 0.05) is 24.9 Å². The SMILES string of the molecule is CC(=O)O[C@H]1C[C@]2(C)C3CC[C@H]4[C@H](N)[C@H](O)CC[C@]4(C)[C@@H]3C[C@@H](N)[C@H]2/C1=C(\C=C\C=C(C)C)C(=O)O. The van der Waals surface area contributed by atoms with E-state index in [2.05, 4.69) is 13.8 Å². The quantitative estimate of drug-likeness (QED) is 0.262. The summed E-state index contributed by atoms with van der Waals surface area (Å²) in [6, 6.07) is -0.477. The number of carboxylic acids is 1. The number of carbonyl (C=O) groups is 2. The molecule has 200 valence electrons. The molecule has 0 saturated heterocycles. The lowest BCUT2D eigenvalue weighted by atomic mass is 9.42. The Morgan fingerprint density at radius 2 is 1.69 bits per heavy atom. The summed E-state index contributed by atoms with van der Waals surface area (Å²) in [6.07, 6.45) is 9.07. The number of carbonyl (C=O) groups excluding carboxylic acids is 1. The van der Waals surface area contributed by atoms with Crippen molar-refractivity contribution in [1.82, 2.24) is 0 Å². The Hall–Kier alpha value is -1.96. The summed E-state index contributed by atoms with van der Waals surface area (Å²) in [5, 5.41) is 20.7. The smallest absolute Gasteiger partial charge is 0.335 e. The van der Waals surface area contributed by atoms with Crippen molar-refractivity contribution in [3.8, 4) is 0 Å². The molecule has 0 amide bonds. The van der Waals surface area contributed by atoms with E-state index in [1.54, 1.807) is 12.2 Å². The molecule has 4 aliphatic carbocycles. The van der Waals surface area contributed by atoms with E-state index in [0.717, 1.165) is 31.3 Å². The molecule has 0 heterocycles. The first-order valence-electron chi connectivity index (χ1n) is 13.5. The molecule has 4 aliphatic rings. The summed E-state index contributed by atoms with van der Waals surface area (Å²) in [6.45, 7) is 9.85. The zero-order chi connectivity index (χ0) is 26.6. The molecule has 36 heavy (non-hydrogen) atoms. The Balaban J connectivity index is 1.81. The van der Waals surface area contributed by atoms with Crippen LogP contribution in [0.5, 0.6) is 0 Å². The second-order valence-electron chi connectivity index (χ2n) is 12.5. The number of aliphatic hydroxyl groups is 1. The Kier molecular flexibility index (Phi) is 7.32. The number of esters is 1. The number of hydrogen-bond acceptors (Lipinski definition) is 6. The van der Waals surface area contributed by atoms with Crippen LogP contribution in [-0.2, 0) is 14.3 Å². The van der Waals surface area contributed by atoms with E-state index in [1.165, 1.54) is 6.92 Å². The van der Waals surface area contributed by atoms with Crippen molar-refractivity contribution in [2.75, 3.05) is 0 Å². The lowest BCUT2D eigenvalue weighted by Crippen LogP contribution is -2.63. The van der Waals surface area contributed by atoms with Crippen LogP contribution in [-0.4, -0.2) is 46.4 Å². The highest BCUT2D eigenvalue weighted by atomic mass is 16.5. The molecule has 0 aromatic rings. The number of carboxylic acid groups (broad SMARTS) is 1. The molecule has 0 aromatic carbocycles. The highest BCUT2D eigenvalue weighted by molar-refractivity contribution is 5.91. The third-order valence-corrected chi connectivity index (χ3v) is 10.2. The number of nitrogens with two attached hydrogens (primary N) is 2. The monoisotopic (exact) mass is 500 g/mol. The molecule has 0 radical (unpaired) electrons. The zero-order valence-corrected chi connectivity index (χ0v) is 22.4. The van der Waals surface area contributed by atoms with Crippen LogP contribution >= 0.6 is 0 Å². The predicted octanol–water partition coefficient (Wildman–Crippen LogP) is 3.71. The van der Waals surface area contributed by atoms with Crippen LogP contribution in [0, 0.1) is 34.5 Å². The molecule has 7 nitrogen and oxygen atoms in total. The third kappa shape index (κ3) is 4.37. The van der Waals surface area contributed by atoms with Crippen LogP contribution in [0.1, 0.15) is 73.1 Å². The van der Waals surface area contributed by atoms with Gasteiger partial charge in [0.25, 0.3) is 0 Å². The molecular weight excluding hydrogens is 456 g/mol. The van der Waals surface area contributed by atoms with Gasteiger partial charge in [0.2, 0.25) is 0 Å². The van der Waals surface area contributed by atoms with Crippen molar-refractivity contribution in [2.45, 2.75) is 97.4 Å². The van der Waals surface area contributed by atoms with Crippen molar-refractivity contribution >= 4 is 11.9 Å². The molecule has 10 atom stereocenters. The highest BCUT2D eigenvalue weighted by Crippen LogP contribution is 2.68. The van der Waals surface area contributed by atoms with Gasteiger partial charge in [-0.1, -0.05) is 31.6 Å². The number of allylic oxidation sites excluding steroid dienone is 3. The Morgan fingerprint density at radius 1 is 1.03 bits per heavy atom. The molecule has 6 N–H and O–H groups in total. The maximum Gasteiger partial charge on any atom is 0.335 e. The predicted molar refractivity (Wildman–Crippen MR) is 139 cm³/mol. The average molecular weight is 501 g/mol. The van der Waals surface area contributed by atoms with Crippen LogP contribution in [0.3, 0.4) is 0 Å². The second-order valence-corrected chi connectivity index (χ2v) is 12.5. The minimum atomic E-state index is -1.03. The number of fused-ring (bicyclic) bond motifs is 5. The molecule has 0 spiro atoms. The normalized spacial score (nSPS) is 45.3. The van der Waals surface area contributed by atoms with E-state index in [0.29, 0.717) is 30.3 Å². The summed E-state index contributed by atoms with van der Waals surface area (Å²) in [5.74, 6) is -0.727. The van der Waals surface area contributed by atoms with E-state index in [4.69, 9.17) is 16.2 Å². The molecule has 0 aromatic heterocycles. The van der Waals surface area contributed by atoms with Crippen LogP contribution in [0.15, 0.2) is 34.9 Å². The number of aliphatic carboxylic acids is 1. The van der Waals surface area contributed by atoms with Gasteiger partial charge in [-0.2, -0.15) is 0 Å². The van der Waals surface area contributed by atoms with Gasteiger partial charge < -0.3 is 26.4 Å². The number of rotatable bonds is 4. The first-order valence-corrected chi connectivity index (χ1v) is 13.5. The Bertz CT molecular complexity index is 998. The van der Waals surface area contributed by atoms with Gasteiger partial charge >= 0.3 is 11.9 Å². The molecule has 4 rings (SSSR count). The van der Waals surface area contributed by atoms with Crippen molar-refractivity contribution in [3.63, 3.8) is 0 Å². The summed E-state index contributed by atoms with van der Waals surface area (Å²) >= 11 is 0. The van der Waals surface area contributed by atoms with Crippen molar-refractivity contribution < 1.29 is 24.5 Å². The second kappa shape index (κ2) is 9.73. The third-order valence-electron chi connectivity index (χ3n) is 10.2. The summed E-state index contributed by atoms with van der Waals surface area (Å²) < 4.78 is 5.81. The Morgan fingerprint density at radius 3 is 2.31 bits per heavy atom. The Labute approximate surface area is 215 Å². The van der Waals surface area contributed by atoms with Gasteiger partial charge in [0.05, 0.1) is 11.7 Å². The van der Waals surface area contributed by atoms with Crippen molar-refractivity contribution in [2.24, 2.45) is 46.0 Å². The van der Waals surface area contributed by atoms with E-state index in [1.807, 2.05) is 19.9 Å². The van der Waals surface area contributed by atoms with Gasteiger partial charge in [-0.25, -0.2) is 4.79 Å². The van der Waals surface area contributed by atoms with Crippen LogP contribution < -0.4 is 11.5 Å². The lowest BCUT2D eigenvalue weighted by Gasteiger charge is -2.63. The van der Waals surface area contributed by atoms with E-state index >= 15 is 0 Å². The van der Waals surface area contributed by atoms with Gasteiger partial charge in [-0.15, -0.1) is 0 Å². The highest BCUT2D eigenvalue weighted by Gasteiger charge is 2.65. The molecule has 7 heteroatoms. The fraction of sp³-hybridized carbons (Fsp3) is 0.724. The lowest BCUT2D eigenvalue weighted by molar-refractivity contribution is -0.149. The topological polar surface area (TPSA) is 136 Å². The minimum absolute atomic E-state index is 0.0183. The molecule has 4 fully saturated rings. The zero-order valence-electron chi connectivity index (χ0n) is 22.4. The minimum Gasteiger partial charge on any atom is -0.478 e. The van der Waals surface area contributed by atoms with Crippen molar-refractivity contribution in [1.29, 1.82) is 0 Å². The van der Waals surface area contributed by atoms with E-state index in [-0.39, 0.29) is 40.3 Å². The largest absolute Gasteiger partial charge is 0.478 e. The number of hydrogen-bond donors (Lipinski definition) is 4. The van der Waals surface area contributed by atoms with Crippen LogP contribution in [0.2, 0.25) is 0 Å². The van der Waals surface area contributed by atoms with Gasteiger partial charge in [-0.3, -0.25) is 4.79 Å². The first-order chi connectivity index (χ1) is 16.8. The van der Waals surface area contributed by atoms with Gasteiger partial charge in [-0.05, 0) is 92.6 Å². The number of aliphatic hydroxyl groups excluding tert-OH is 1. The van der Waals surface area contributed by atoms with E-state index < -0.39 is 24.1 Å². The van der Waals surface area contributed by atoms with Gasteiger partial charge in [0.1, 0.15) is 6.10 Å². The van der Waals surface area contributed by atoms with Gasteiger partial charge in [0.15, 0.2) is 0 Å². The average Bonchev–Trinajstić information content (AvgIpc) is 3.06. The molecule has 1 unspecified atom stereocenters. The molecule has 4 saturated carbocycles. The maximum absolute atomic E-state index is 12.5. The van der Waals surface area contributed by atoms with Crippen LogP contribution in [0.25, 0.3) is 0 Å². The maximum atomic E-state index is 12.5. The fourth-order valence-electron chi connectivity index (χ4n) is 8.77. The molecule has 0 bridgehead atoms. The summed E-state index contributed by atoms with van der Waals surface area (Å²) in [4.78, 5) is 24.7. The standard InChI is InChI=1S/C29H44N2O5/c1-15(2)7-6-8-17(27(34)35)24-23(36-16(3)32)14-29(5)18-9-10-19-26(31)22(33)11-12-28(19,4)20(18)13-21(30)25(24)29/h6-8,18-23,25-26,33H,9-14,30-31H2,1-5H3,(H,34,35)/b8-6+,24-17+/t18?,19-,20+,21+,22+,23-,25-,26-,28-,29+/m0/s1. The number of ether oxygens (including phenoxy) is 1. The summed E-state index contributed by atoms with van der Waals surface area (Å²) in [7, 11) is 0. The van der Waals surface area contributed by atoms with E-state index in [9.17, 15) is 19.8 Å². The fourth-order valence-corrected chi connectivity index (χ4v) is 8.77. The summed E-state index contributed by atoms with van der Waals surface area (Å²) in [5.41, 5.74) is 15.1. The first kappa shape index (κ1) is 27.1.